The molecule has 3 aromatic rings. The molecule has 0 aliphatic heterocycles. The number of anilines is 1. The fraction of sp³-hybridized carbons (Fsp3) is 0.150. The topological polar surface area (TPSA) is 34.0 Å². The van der Waals surface area contributed by atoms with Crippen molar-refractivity contribution >= 4 is 23.2 Å². The number of halogens is 1. The number of benzene rings is 2. The van der Waals surface area contributed by atoms with Crippen LogP contribution in [0.5, 0.6) is 0 Å². The molecule has 122 valence electrons. The number of rotatable bonds is 5. The highest BCUT2D eigenvalue weighted by Gasteiger charge is 2.17. The molecule has 0 fully saturated rings. The van der Waals surface area contributed by atoms with E-state index in [4.69, 9.17) is 11.6 Å². The zero-order valence-corrected chi connectivity index (χ0v) is 14.2. The van der Waals surface area contributed by atoms with Crippen molar-refractivity contribution < 1.29 is 4.79 Å². The fourth-order valence-corrected chi connectivity index (χ4v) is 2.79. The number of hydrogen-bond donors (Lipinski definition) is 1. The Bertz CT molecular complexity index is 793. The van der Waals surface area contributed by atoms with E-state index < -0.39 is 0 Å². The Morgan fingerprint density at radius 1 is 1.04 bits per heavy atom. The van der Waals surface area contributed by atoms with E-state index >= 15 is 0 Å². The van der Waals surface area contributed by atoms with Gasteiger partial charge in [-0.05, 0) is 48.9 Å². The summed E-state index contributed by atoms with van der Waals surface area (Å²) < 4.78 is 2.06. The minimum Gasteiger partial charge on any atom is -0.346 e. The van der Waals surface area contributed by atoms with Gasteiger partial charge in [0.25, 0.3) is 0 Å². The van der Waals surface area contributed by atoms with Crippen LogP contribution in [-0.2, 0) is 4.79 Å². The van der Waals surface area contributed by atoms with E-state index in [1.807, 2.05) is 24.5 Å². The lowest BCUT2D eigenvalue weighted by Crippen LogP contribution is -2.19. The second kappa shape index (κ2) is 7.37. The highest BCUT2D eigenvalue weighted by atomic mass is 35.5. The van der Waals surface area contributed by atoms with E-state index in [1.54, 1.807) is 24.3 Å². The monoisotopic (exact) mass is 338 g/mol. The average molecular weight is 339 g/mol. The lowest BCUT2D eigenvalue weighted by Gasteiger charge is -2.19. The maximum absolute atomic E-state index is 12.5. The molecular formula is C20H19ClN2O. The Hall–Kier alpha value is -2.52. The summed E-state index contributed by atoms with van der Waals surface area (Å²) in [5, 5.41) is 3.58. The highest BCUT2D eigenvalue weighted by molar-refractivity contribution is 6.30. The minimum absolute atomic E-state index is 0.0309. The Kier molecular flexibility index (Phi) is 5.02. The molecule has 1 heterocycles. The summed E-state index contributed by atoms with van der Waals surface area (Å²) in [5.74, 6) is -0.0309. The van der Waals surface area contributed by atoms with Gasteiger partial charge in [0.05, 0.1) is 12.5 Å². The van der Waals surface area contributed by atoms with Crippen molar-refractivity contribution in [3.8, 4) is 0 Å². The molecule has 1 atom stereocenters. The molecule has 24 heavy (non-hydrogen) atoms. The van der Waals surface area contributed by atoms with E-state index in [0.717, 1.165) is 11.3 Å². The van der Waals surface area contributed by atoms with Crippen LogP contribution < -0.4 is 5.32 Å². The molecule has 1 N–H and O–H groups in total. The summed E-state index contributed by atoms with van der Waals surface area (Å²) in [6.45, 7) is 2.06. The number of aromatic nitrogens is 1. The molecule has 1 unspecified atom stereocenters. The molecule has 3 rings (SSSR count). The third-order valence-corrected chi connectivity index (χ3v) is 4.21. The number of amides is 1. The lowest BCUT2D eigenvalue weighted by atomic mass is 10.0. The number of carbonyl (C=O) groups excluding carboxylic acids is 1. The van der Waals surface area contributed by atoms with Crippen LogP contribution in [0.1, 0.15) is 23.6 Å². The molecule has 0 aliphatic carbocycles. The second-order valence-electron chi connectivity index (χ2n) is 5.82. The van der Waals surface area contributed by atoms with Crippen LogP contribution in [0, 0.1) is 6.92 Å². The van der Waals surface area contributed by atoms with Crippen LogP contribution >= 0.6 is 11.6 Å². The van der Waals surface area contributed by atoms with Gasteiger partial charge in [0.2, 0.25) is 5.91 Å². The number of nitrogens with zero attached hydrogens (tertiary/aromatic N) is 1. The summed E-state index contributed by atoms with van der Waals surface area (Å²) in [7, 11) is 0. The van der Waals surface area contributed by atoms with Gasteiger partial charge in [-0.2, -0.15) is 0 Å². The molecule has 0 radical (unpaired) electrons. The molecule has 0 saturated carbocycles. The Labute approximate surface area is 146 Å². The summed E-state index contributed by atoms with van der Waals surface area (Å²) in [5.41, 5.74) is 3.07. The molecule has 0 saturated heterocycles. The SMILES string of the molecule is Cc1ccc(C(CC(=O)Nc2ccc(Cl)cc2)n2cccc2)cc1. The summed E-state index contributed by atoms with van der Waals surface area (Å²) in [6.07, 6.45) is 4.33. The molecule has 2 aromatic carbocycles. The zero-order valence-electron chi connectivity index (χ0n) is 13.4. The van der Waals surface area contributed by atoms with Gasteiger partial charge < -0.3 is 9.88 Å². The average Bonchev–Trinajstić information content (AvgIpc) is 3.10. The largest absolute Gasteiger partial charge is 0.346 e. The first-order valence-corrected chi connectivity index (χ1v) is 8.24. The van der Waals surface area contributed by atoms with Crippen molar-refractivity contribution in [3.63, 3.8) is 0 Å². The first-order valence-electron chi connectivity index (χ1n) is 7.86. The summed E-state index contributed by atoms with van der Waals surface area (Å²) in [6, 6.07) is 19.3. The molecule has 4 heteroatoms. The van der Waals surface area contributed by atoms with E-state index in [2.05, 4.69) is 41.1 Å². The predicted octanol–water partition coefficient (Wildman–Crippen LogP) is 5.07. The maximum Gasteiger partial charge on any atom is 0.226 e. The van der Waals surface area contributed by atoms with Gasteiger partial charge in [-0.25, -0.2) is 0 Å². The van der Waals surface area contributed by atoms with Crippen LogP contribution in [0.25, 0.3) is 0 Å². The van der Waals surface area contributed by atoms with Crippen LogP contribution in [0.4, 0.5) is 5.69 Å². The highest BCUT2D eigenvalue weighted by Crippen LogP contribution is 2.24. The van der Waals surface area contributed by atoms with E-state index in [1.165, 1.54) is 5.56 Å². The number of carbonyl (C=O) groups is 1. The Balaban J connectivity index is 1.77. The standard InChI is InChI=1S/C20H19ClN2O/c1-15-4-6-16(7-5-15)19(23-12-2-3-13-23)14-20(24)22-18-10-8-17(21)9-11-18/h2-13,19H,14H2,1H3,(H,22,24). The normalized spacial score (nSPS) is 11.9. The van der Waals surface area contributed by atoms with Crippen molar-refractivity contribution in [2.75, 3.05) is 5.32 Å². The molecule has 0 aliphatic rings. The number of aryl methyl sites for hydroxylation is 1. The van der Waals surface area contributed by atoms with Gasteiger partial charge >= 0.3 is 0 Å². The first-order chi connectivity index (χ1) is 11.6. The Morgan fingerprint density at radius 2 is 1.67 bits per heavy atom. The third kappa shape index (κ3) is 4.06. The molecule has 1 amide bonds. The first kappa shape index (κ1) is 16.3. The lowest BCUT2D eigenvalue weighted by molar-refractivity contribution is -0.116. The smallest absolute Gasteiger partial charge is 0.226 e. The van der Waals surface area contributed by atoms with Gasteiger partial charge in [0.1, 0.15) is 0 Å². The second-order valence-corrected chi connectivity index (χ2v) is 6.25. The quantitative estimate of drug-likeness (QED) is 0.692. The van der Waals surface area contributed by atoms with Gasteiger partial charge in [-0.1, -0.05) is 41.4 Å². The summed E-state index contributed by atoms with van der Waals surface area (Å²) in [4.78, 5) is 12.5. The number of hydrogen-bond acceptors (Lipinski definition) is 1. The Morgan fingerprint density at radius 3 is 2.29 bits per heavy atom. The third-order valence-electron chi connectivity index (χ3n) is 3.96. The number of nitrogens with one attached hydrogen (secondary N) is 1. The van der Waals surface area contributed by atoms with Crippen molar-refractivity contribution in [1.29, 1.82) is 0 Å². The van der Waals surface area contributed by atoms with Gasteiger partial charge in [0.15, 0.2) is 0 Å². The van der Waals surface area contributed by atoms with Crippen LogP contribution in [-0.4, -0.2) is 10.5 Å². The summed E-state index contributed by atoms with van der Waals surface area (Å²) >= 11 is 5.88. The molecular weight excluding hydrogens is 320 g/mol. The van der Waals surface area contributed by atoms with Gasteiger partial charge in [-0.15, -0.1) is 0 Å². The van der Waals surface area contributed by atoms with E-state index in [9.17, 15) is 4.79 Å². The molecule has 0 bridgehead atoms. The van der Waals surface area contributed by atoms with Crippen molar-refractivity contribution in [1.82, 2.24) is 4.57 Å². The van der Waals surface area contributed by atoms with Crippen molar-refractivity contribution in [2.24, 2.45) is 0 Å². The molecule has 1 aromatic heterocycles. The van der Waals surface area contributed by atoms with E-state index in [-0.39, 0.29) is 11.9 Å². The van der Waals surface area contributed by atoms with Crippen molar-refractivity contribution in [2.45, 2.75) is 19.4 Å². The molecule has 3 nitrogen and oxygen atoms in total. The van der Waals surface area contributed by atoms with E-state index in [0.29, 0.717) is 11.4 Å². The predicted molar refractivity (Wildman–Crippen MR) is 98.4 cm³/mol. The van der Waals surface area contributed by atoms with Crippen LogP contribution in [0.2, 0.25) is 5.02 Å². The maximum atomic E-state index is 12.5. The van der Waals surface area contributed by atoms with Gasteiger partial charge in [-0.3, -0.25) is 4.79 Å². The van der Waals surface area contributed by atoms with Crippen molar-refractivity contribution in [3.05, 3.63) is 89.2 Å². The van der Waals surface area contributed by atoms with Gasteiger partial charge in [0, 0.05) is 23.1 Å². The fourth-order valence-electron chi connectivity index (χ4n) is 2.66. The minimum atomic E-state index is -0.0344. The van der Waals surface area contributed by atoms with Crippen LogP contribution in [0.3, 0.4) is 0 Å². The van der Waals surface area contributed by atoms with Crippen LogP contribution in [0.15, 0.2) is 73.1 Å². The molecule has 0 spiro atoms. The zero-order chi connectivity index (χ0) is 16.9.